The predicted molar refractivity (Wildman–Crippen MR) is 107 cm³/mol. The Balaban J connectivity index is 1.60. The third kappa shape index (κ3) is 4.57. The van der Waals surface area contributed by atoms with Crippen LogP contribution in [-0.4, -0.2) is 24.0 Å². The Bertz CT molecular complexity index is 864. The quantitative estimate of drug-likeness (QED) is 0.541. The summed E-state index contributed by atoms with van der Waals surface area (Å²) in [5.74, 6) is 0.801. The third-order valence-electron chi connectivity index (χ3n) is 4.09. The molecule has 3 rings (SSSR count). The van der Waals surface area contributed by atoms with E-state index in [4.69, 9.17) is 0 Å². The van der Waals surface area contributed by atoms with E-state index in [0.29, 0.717) is 12.6 Å². The second-order valence-electron chi connectivity index (χ2n) is 6.17. The number of hydrogen-bond donors (Lipinski definition) is 2. The maximum absolute atomic E-state index is 4.52. The van der Waals surface area contributed by atoms with E-state index < -0.39 is 0 Å². The minimum Gasteiger partial charge on any atom is -0.354 e. The summed E-state index contributed by atoms with van der Waals surface area (Å²) < 4.78 is 0. The maximum Gasteiger partial charge on any atom is 0.191 e. The Labute approximate surface area is 153 Å². The summed E-state index contributed by atoms with van der Waals surface area (Å²) >= 11 is 1.85. The van der Waals surface area contributed by atoms with Crippen LogP contribution in [0, 0.1) is 6.92 Å². The molecule has 1 unspecified atom stereocenters. The normalized spacial score (nSPS) is 13.0. The van der Waals surface area contributed by atoms with Crippen LogP contribution in [0.25, 0.3) is 10.8 Å². The number of thiophene rings is 1. The van der Waals surface area contributed by atoms with Crippen molar-refractivity contribution in [2.24, 2.45) is 4.99 Å². The lowest BCUT2D eigenvalue weighted by molar-refractivity contribution is 0.644. The number of benzene rings is 1. The Morgan fingerprint density at radius 3 is 2.80 bits per heavy atom. The van der Waals surface area contributed by atoms with Crippen LogP contribution in [0.2, 0.25) is 0 Å². The van der Waals surface area contributed by atoms with Crippen LogP contribution in [0.5, 0.6) is 0 Å². The van der Waals surface area contributed by atoms with Gasteiger partial charge >= 0.3 is 0 Å². The number of hydrogen-bond acceptors (Lipinski definition) is 3. The maximum atomic E-state index is 4.52. The van der Waals surface area contributed by atoms with E-state index in [-0.39, 0.29) is 0 Å². The average molecular weight is 353 g/mol. The first-order valence-electron chi connectivity index (χ1n) is 8.51. The van der Waals surface area contributed by atoms with Gasteiger partial charge in [0.05, 0.1) is 12.2 Å². The van der Waals surface area contributed by atoms with Gasteiger partial charge in [0.15, 0.2) is 5.96 Å². The topological polar surface area (TPSA) is 49.3 Å². The number of aromatic nitrogens is 1. The van der Waals surface area contributed by atoms with Crippen LogP contribution in [0.4, 0.5) is 0 Å². The molecule has 0 spiro atoms. The van der Waals surface area contributed by atoms with Crippen LogP contribution in [0.15, 0.2) is 53.7 Å². The van der Waals surface area contributed by atoms with E-state index in [1.807, 2.05) is 35.7 Å². The first-order valence-corrected chi connectivity index (χ1v) is 9.32. The second-order valence-corrected chi connectivity index (χ2v) is 7.54. The molecule has 2 heterocycles. The molecule has 0 amide bonds. The SMILES string of the molecule is CN=C(NCc1nccc2ccccc12)NC(C)Cc1ccc(C)s1. The molecule has 1 aromatic carbocycles. The highest BCUT2D eigenvalue weighted by molar-refractivity contribution is 7.11. The van der Waals surface area contributed by atoms with E-state index >= 15 is 0 Å². The van der Waals surface area contributed by atoms with Crippen molar-refractivity contribution in [1.82, 2.24) is 15.6 Å². The molecule has 0 radical (unpaired) electrons. The number of nitrogens with zero attached hydrogens (tertiary/aromatic N) is 2. The Morgan fingerprint density at radius 2 is 2.04 bits per heavy atom. The molecule has 25 heavy (non-hydrogen) atoms. The van der Waals surface area contributed by atoms with Crippen molar-refractivity contribution in [3.63, 3.8) is 0 Å². The monoisotopic (exact) mass is 352 g/mol. The zero-order valence-electron chi connectivity index (χ0n) is 14.9. The third-order valence-corrected chi connectivity index (χ3v) is 5.11. The standard InChI is InChI=1S/C20H24N4S/c1-14(12-17-9-8-15(2)25-17)24-20(21-3)23-13-19-18-7-5-4-6-16(18)10-11-22-19/h4-11,14H,12-13H2,1-3H3,(H2,21,23,24). The van der Waals surface area contributed by atoms with Crippen LogP contribution < -0.4 is 10.6 Å². The van der Waals surface area contributed by atoms with E-state index in [9.17, 15) is 0 Å². The Morgan fingerprint density at radius 1 is 1.20 bits per heavy atom. The number of fused-ring (bicyclic) bond motifs is 1. The highest BCUT2D eigenvalue weighted by Crippen LogP contribution is 2.17. The number of nitrogens with one attached hydrogen (secondary N) is 2. The lowest BCUT2D eigenvalue weighted by Gasteiger charge is -2.17. The van der Waals surface area contributed by atoms with Gasteiger partial charge in [0.2, 0.25) is 0 Å². The van der Waals surface area contributed by atoms with E-state index in [1.165, 1.54) is 20.5 Å². The molecule has 0 aliphatic rings. The van der Waals surface area contributed by atoms with Crippen molar-refractivity contribution in [3.8, 4) is 0 Å². The Kier molecular flexibility index (Phi) is 5.66. The van der Waals surface area contributed by atoms with Gasteiger partial charge in [-0.3, -0.25) is 9.98 Å². The number of aliphatic imine (C=N–C) groups is 1. The fraction of sp³-hybridized carbons (Fsp3) is 0.300. The molecular weight excluding hydrogens is 328 g/mol. The fourth-order valence-corrected chi connectivity index (χ4v) is 3.89. The second kappa shape index (κ2) is 8.12. The molecule has 3 aromatic rings. The van der Waals surface area contributed by atoms with E-state index in [1.54, 1.807) is 7.05 Å². The molecular formula is C20H24N4S. The number of aryl methyl sites for hydroxylation is 1. The smallest absolute Gasteiger partial charge is 0.191 e. The van der Waals surface area contributed by atoms with Crippen molar-refractivity contribution in [2.75, 3.05) is 7.05 Å². The molecule has 0 fully saturated rings. The van der Waals surface area contributed by atoms with Gasteiger partial charge in [-0.1, -0.05) is 24.3 Å². The summed E-state index contributed by atoms with van der Waals surface area (Å²) in [5, 5.41) is 9.22. The molecule has 0 saturated heterocycles. The summed E-state index contributed by atoms with van der Waals surface area (Å²) in [6.07, 6.45) is 2.85. The van der Waals surface area contributed by atoms with Crippen molar-refractivity contribution in [2.45, 2.75) is 32.9 Å². The van der Waals surface area contributed by atoms with Crippen molar-refractivity contribution < 1.29 is 0 Å². The van der Waals surface area contributed by atoms with Gasteiger partial charge < -0.3 is 10.6 Å². The zero-order chi connectivity index (χ0) is 17.6. The van der Waals surface area contributed by atoms with Gasteiger partial charge in [-0.15, -0.1) is 11.3 Å². The van der Waals surface area contributed by atoms with E-state index in [0.717, 1.165) is 18.1 Å². The molecule has 0 aliphatic carbocycles. The molecule has 1 atom stereocenters. The van der Waals surface area contributed by atoms with Crippen LogP contribution in [0.1, 0.15) is 22.4 Å². The van der Waals surface area contributed by atoms with Crippen molar-refractivity contribution in [3.05, 3.63) is 64.1 Å². The summed E-state index contributed by atoms with van der Waals surface area (Å²) in [4.78, 5) is 11.6. The predicted octanol–water partition coefficient (Wildman–Crippen LogP) is 3.90. The molecule has 4 nitrogen and oxygen atoms in total. The first kappa shape index (κ1) is 17.4. The lowest BCUT2D eigenvalue weighted by Crippen LogP contribution is -2.42. The highest BCUT2D eigenvalue weighted by atomic mass is 32.1. The van der Waals surface area contributed by atoms with Gasteiger partial charge in [-0.2, -0.15) is 0 Å². The Hall–Kier alpha value is -2.40. The van der Waals surface area contributed by atoms with Gasteiger partial charge in [0, 0.05) is 40.8 Å². The fourth-order valence-electron chi connectivity index (χ4n) is 2.87. The molecule has 2 aromatic heterocycles. The molecule has 0 saturated carbocycles. The minimum absolute atomic E-state index is 0.310. The van der Waals surface area contributed by atoms with Crippen LogP contribution in [-0.2, 0) is 13.0 Å². The van der Waals surface area contributed by atoms with Crippen molar-refractivity contribution in [1.29, 1.82) is 0 Å². The number of guanidine groups is 1. The molecule has 0 aliphatic heterocycles. The van der Waals surface area contributed by atoms with Crippen LogP contribution >= 0.6 is 11.3 Å². The van der Waals surface area contributed by atoms with E-state index in [2.05, 4.69) is 58.7 Å². The lowest BCUT2D eigenvalue weighted by atomic mass is 10.1. The zero-order valence-corrected chi connectivity index (χ0v) is 15.7. The van der Waals surface area contributed by atoms with Gasteiger partial charge in [-0.25, -0.2) is 0 Å². The average Bonchev–Trinajstić information content (AvgIpc) is 3.03. The number of rotatable bonds is 5. The van der Waals surface area contributed by atoms with Gasteiger partial charge in [-0.05, 0) is 37.4 Å². The van der Waals surface area contributed by atoms with Gasteiger partial charge in [0.25, 0.3) is 0 Å². The van der Waals surface area contributed by atoms with Crippen molar-refractivity contribution >= 4 is 28.1 Å². The van der Waals surface area contributed by atoms with Gasteiger partial charge in [0.1, 0.15) is 0 Å². The molecule has 130 valence electrons. The molecule has 0 bridgehead atoms. The number of pyridine rings is 1. The van der Waals surface area contributed by atoms with Crippen LogP contribution in [0.3, 0.4) is 0 Å². The molecule has 5 heteroatoms. The summed E-state index contributed by atoms with van der Waals surface area (Å²) in [7, 11) is 1.80. The minimum atomic E-state index is 0.310. The highest BCUT2D eigenvalue weighted by Gasteiger charge is 2.09. The summed E-state index contributed by atoms with van der Waals surface area (Å²) in [6.45, 7) is 4.97. The molecule has 2 N–H and O–H groups in total. The first-order chi connectivity index (χ1) is 12.2. The summed E-state index contributed by atoms with van der Waals surface area (Å²) in [6, 6.07) is 15.0. The largest absolute Gasteiger partial charge is 0.354 e. The summed E-state index contributed by atoms with van der Waals surface area (Å²) in [5.41, 5.74) is 1.03.